The molecule has 1 aliphatic heterocycles. The van der Waals surface area contributed by atoms with Gasteiger partial charge in [-0.15, -0.1) is 0 Å². The van der Waals surface area contributed by atoms with E-state index in [4.69, 9.17) is 4.74 Å². The van der Waals surface area contributed by atoms with Gasteiger partial charge >= 0.3 is 5.97 Å². The topological polar surface area (TPSA) is 126 Å². The zero-order valence-electron chi connectivity index (χ0n) is 23.5. The second kappa shape index (κ2) is 15.2. The minimum absolute atomic E-state index is 0. The van der Waals surface area contributed by atoms with Gasteiger partial charge in [0.15, 0.2) is 12.4 Å². The lowest BCUT2D eigenvalue weighted by Gasteiger charge is -2.26. The number of sulfonamides is 1. The van der Waals surface area contributed by atoms with Gasteiger partial charge < -0.3 is 39.3 Å². The molecule has 0 aliphatic carbocycles. The van der Waals surface area contributed by atoms with Gasteiger partial charge in [0.2, 0.25) is 15.9 Å². The highest BCUT2D eigenvalue weighted by Crippen LogP contribution is 2.26. The monoisotopic (exact) mass is 706 g/mol. The molecule has 1 aromatic heterocycles. The molecule has 0 saturated carbocycles. The van der Waals surface area contributed by atoms with E-state index < -0.39 is 34.0 Å². The first-order chi connectivity index (χ1) is 19.6. The number of aryl methyl sites for hydroxylation is 2. The molecule has 1 aliphatic rings. The van der Waals surface area contributed by atoms with Gasteiger partial charge in [0.25, 0.3) is 5.91 Å². The molecule has 0 spiro atoms. The average Bonchev–Trinajstić information content (AvgIpc) is 3.47. The van der Waals surface area contributed by atoms with Crippen molar-refractivity contribution in [2.75, 3.05) is 19.7 Å². The summed E-state index contributed by atoms with van der Waals surface area (Å²) in [6, 6.07) is 17.1. The summed E-state index contributed by atoms with van der Waals surface area (Å²) in [5, 5.41) is 5.45. The van der Waals surface area contributed by atoms with Crippen LogP contribution in [0.3, 0.4) is 0 Å². The van der Waals surface area contributed by atoms with Crippen LogP contribution in [-0.4, -0.2) is 62.3 Å². The highest BCUT2D eigenvalue weighted by atomic mass is 127. The first-order valence-corrected chi connectivity index (χ1v) is 14.9. The number of nitrogens with zero attached hydrogens (tertiary/aromatic N) is 2. The lowest BCUT2D eigenvalue weighted by molar-refractivity contribution is -0.671. The molecule has 0 radical (unpaired) electrons. The maximum atomic E-state index is 13.4. The van der Waals surface area contributed by atoms with Crippen LogP contribution in [0.5, 0.6) is 0 Å². The number of carbonyl (C=O) groups is 3. The fourth-order valence-electron chi connectivity index (χ4n) is 4.69. The van der Waals surface area contributed by atoms with E-state index in [1.54, 1.807) is 35.0 Å². The molecule has 2 atom stereocenters. The summed E-state index contributed by atoms with van der Waals surface area (Å²) in [6.45, 7) is 2.06. The predicted molar refractivity (Wildman–Crippen MR) is 151 cm³/mol. The van der Waals surface area contributed by atoms with Crippen molar-refractivity contribution < 1.29 is 56.1 Å². The van der Waals surface area contributed by atoms with Crippen LogP contribution in [0.25, 0.3) is 0 Å². The largest absolute Gasteiger partial charge is 1.00 e. The molecule has 0 unspecified atom stereocenters. The summed E-state index contributed by atoms with van der Waals surface area (Å²) in [5.41, 5.74) is 2.20. The van der Waals surface area contributed by atoms with Crippen molar-refractivity contribution in [1.29, 1.82) is 0 Å². The van der Waals surface area contributed by atoms with E-state index in [0.717, 1.165) is 11.1 Å². The summed E-state index contributed by atoms with van der Waals surface area (Å²) in [7, 11) is -2.09. The molecule has 1 saturated heterocycles. The van der Waals surface area contributed by atoms with Crippen molar-refractivity contribution in [2.24, 2.45) is 7.05 Å². The molecule has 2 aromatic carbocycles. The van der Waals surface area contributed by atoms with Crippen molar-refractivity contribution in [3.05, 3.63) is 95.8 Å². The highest BCUT2D eigenvalue weighted by molar-refractivity contribution is 7.89. The van der Waals surface area contributed by atoms with Crippen molar-refractivity contribution in [1.82, 2.24) is 14.9 Å². The van der Waals surface area contributed by atoms with E-state index >= 15 is 0 Å². The Morgan fingerprint density at radius 2 is 1.76 bits per heavy atom. The zero-order chi connectivity index (χ0) is 29.4. The van der Waals surface area contributed by atoms with Crippen LogP contribution in [0.4, 0.5) is 0 Å². The first kappa shape index (κ1) is 33.1. The van der Waals surface area contributed by atoms with Crippen LogP contribution in [0, 0.1) is 6.92 Å². The van der Waals surface area contributed by atoms with Crippen molar-refractivity contribution in [3.8, 4) is 0 Å². The number of carbonyl (C=O) groups excluding carboxylic acids is 3. The van der Waals surface area contributed by atoms with E-state index in [1.165, 1.54) is 16.4 Å². The molecular weight excluding hydrogens is 671 g/mol. The Balaban J connectivity index is 0.00000484. The molecule has 4 rings (SSSR count). The van der Waals surface area contributed by atoms with E-state index in [1.807, 2.05) is 50.5 Å². The minimum atomic E-state index is -3.90. The normalized spacial score (nSPS) is 15.7. The van der Waals surface area contributed by atoms with Gasteiger partial charge in [-0.05, 0) is 43.5 Å². The van der Waals surface area contributed by atoms with Crippen LogP contribution in [-0.2, 0) is 37.8 Å². The molecule has 1 fully saturated rings. The fraction of sp³-hybridized carbons (Fsp3) is 0.333. The van der Waals surface area contributed by atoms with Gasteiger partial charge in [-0.1, -0.05) is 48.0 Å². The SMILES string of the molecule is Cc1ccc(S(=O)(=O)N2CCC[C@H]2C(=O)N[C@@H](Cc2ccccc2)C(=O)OCCNC(=O)c2ccc[n+](C)c2)cc1.[I-]. The van der Waals surface area contributed by atoms with Crippen LogP contribution < -0.4 is 39.2 Å². The highest BCUT2D eigenvalue weighted by Gasteiger charge is 2.40. The number of benzene rings is 2. The molecule has 2 heterocycles. The molecule has 12 heteroatoms. The summed E-state index contributed by atoms with van der Waals surface area (Å²) < 4.78 is 35.1. The Kier molecular flexibility index (Phi) is 12.0. The van der Waals surface area contributed by atoms with Crippen molar-refractivity contribution in [2.45, 2.75) is 43.2 Å². The number of pyridine rings is 1. The number of nitrogens with one attached hydrogen (secondary N) is 2. The smallest absolute Gasteiger partial charge is 0.329 e. The van der Waals surface area contributed by atoms with E-state index in [0.29, 0.717) is 18.4 Å². The van der Waals surface area contributed by atoms with E-state index in [-0.39, 0.29) is 60.9 Å². The van der Waals surface area contributed by atoms with Gasteiger partial charge in [0, 0.05) is 19.0 Å². The predicted octanol–water partition coefficient (Wildman–Crippen LogP) is -1.32. The van der Waals surface area contributed by atoms with Crippen LogP contribution in [0.1, 0.15) is 34.3 Å². The van der Waals surface area contributed by atoms with Gasteiger partial charge in [0.05, 0.1) is 11.4 Å². The van der Waals surface area contributed by atoms with Gasteiger partial charge in [-0.25, -0.2) is 17.8 Å². The average molecular weight is 707 g/mol. The summed E-state index contributed by atoms with van der Waals surface area (Å²) in [4.78, 5) is 39.0. The number of ether oxygens (including phenoxy) is 1. The molecule has 224 valence electrons. The Labute approximate surface area is 263 Å². The van der Waals surface area contributed by atoms with Gasteiger partial charge in [0.1, 0.15) is 31.3 Å². The standard InChI is InChI=1S/C30H34N4O6S.HI/c1-22-12-14-25(15-13-22)41(38,39)34-18-7-11-27(34)29(36)32-26(20-23-8-4-3-5-9-23)30(37)40-19-16-31-28(35)24-10-6-17-33(2)21-24;/h3-6,8-10,12-15,17,21,26-27H,7,11,16,18-20H2,1-2H3,(H-,31,32,35,36);1H/t26-,27-;/m0./s1. The third-order valence-corrected chi connectivity index (χ3v) is 8.77. The second-order valence-corrected chi connectivity index (χ2v) is 11.9. The maximum absolute atomic E-state index is 13.4. The number of halogens is 1. The third kappa shape index (κ3) is 8.58. The molecule has 42 heavy (non-hydrogen) atoms. The molecular formula is C30H35IN4O6S. The number of aromatic nitrogens is 1. The Bertz CT molecular complexity index is 1490. The van der Waals surface area contributed by atoms with Gasteiger partial charge in [-0.2, -0.15) is 4.31 Å². The summed E-state index contributed by atoms with van der Waals surface area (Å²) >= 11 is 0. The molecule has 3 aromatic rings. The molecule has 10 nitrogen and oxygen atoms in total. The Morgan fingerprint density at radius 1 is 1.05 bits per heavy atom. The number of esters is 1. The molecule has 2 amide bonds. The summed E-state index contributed by atoms with van der Waals surface area (Å²) in [6.07, 6.45) is 4.51. The molecule has 2 N–H and O–H groups in total. The van der Waals surface area contributed by atoms with Crippen molar-refractivity contribution >= 4 is 27.8 Å². The lowest BCUT2D eigenvalue weighted by atomic mass is 10.1. The first-order valence-electron chi connectivity index (χ1n) is 13.5. The van der Waals surface area contributed by atoms with Crippen LogP contribution >= 0.6 is 0 Å². The number of hydrogen-bond donors (Lipinski definition) is 2. The number of amides is 2. The minimum Gasteiger partial charge on any atom is -1.00 e. The second-order valence-electron chi connectivity index (χ2n) is 10.0. The number of hydrogen-bond acceptors (Lipinski definition) is 6. The van der Waals surface area contributed by atoms with Gasteiger partial charge in [-0.3, -0.25) is 9.59 Å². The maximum Gasteiger partial charge on any atom is 0.329 e. The van der Waals surface area contributed by atoms with E-state index in [9.17, 15) is 22.8 Å². The fourth-order valence-corrected chi connectivity index (χ4v) is 6.34. The van der Waals surface area contributed by atoms with E-state index in [2.05, 4.69) is 10.6 Å². The van der Waals surface area contributed by atoms with Crippen LogP contribution in [0.2, 0.25) is 0 Å². The van der Waals surface area contributed by atoms with Crippen molar-refractivity contribution in [3.63, 3.8) is 0 Å². The molecule has 0 bridgehead atoms. The third-order valence-electron chi connectivity index (χ3n) is 6.85. The lowest BCUT2D eigenvalue weighted by Crippen LogP contribution is -3.00. The quantitative estimate of drug-likeness (QED) is 0.110. The number of rotatable bonds is 11. The summed E-state index contributed by atoms with van der Waals surface area (Å²) in [5.74, 6) is -1.53. The Hall–Kier alpha value is -3.36. The van der Waals surface area contributed by atoms with Crippen LogP contribution in [0.15, 0.2) is 84.0 Å². The Morgan fingerprint density at radius 3 is 2.45 bits per heavy atom. The zero-order valence-corrected chi connectivity index (χ0v) is 26.5.